The molecule has 3 heteroatoms. The van der Waals surface area contributed by atoms with E-state index in [1.54, 1.807) is 0 Å². The smallest absolute Gasteiger partial charge is 0.284 e. The normalized spacial score (nSPS) is 12.9. The molecule has 0 aliphatic rings. The summed E-state index contributed by atoms with van der Waals surface area (Å²) in [6.45, 7) is 12.5. The summed E-state index contributed by atoms with van der Waals surface area (Å²) in [5, 5.41) is 0.794. The third-order valence-electron chi connectivity index (χ3n) is 3.59. The van der Waals surface area contributed by atoms with Gasteiger partial charge in [-0.25, -0.2) is 4.39 Å². The Balaban J connectivity index is 2.97. The number of fused-ring (bicyclic) bond motifs is 1. The highest BCUT2D eigenvalue weighted by Crippen LogP contribution is 2.35. The number of halogens is 1. The molecule has 0 aliphatic heterocycles. The van der Waals surface area contributed by atoms with Crippen molar-refractivity contribution in [2.45, 2.75) is 52.4 Å². The van der Waals surface area contributed by atoms with Gasteiger partial charge in [-0.2, -0.15) is 0 Å². The Kier molecular flexibility index (Phi) is 3.28. The van der Waals surface area contributed by atoms with E-state index in [4.69, 9.17) is 0 Å². The van der Waals surface area contributed by atoms with Crippen LogP contribution in [0.4, 0.5) is 4.39 Å². The van der Waals surface area contributed by atoms with Crippen LogP contribution in [0, 0.1) is 5.82 Å². The molecule has 0 radical (unpaired) electrons. The Labute approximate surface area is 119 Å². The van der Waals surface area contributed by atoms with Crippen molar-refractivity contribution in [1.82, 2.24) is 4.98 Å². The van der Waals surface area contributed by atoms with Gasteiger partial charge in [0.2, 0.25) is 0 Å². The summed E-state index contributed by atoms with van der Waals surface area (Å²) in [4.78, 5) is 14.4. The lowest BCUT2D eigenvalue weighted by atomic mass is 9.79. The van der Waals surface area contributed by atoms with Crippen molar-refractivity contribution in [3.8, 4) is 0 Å². The maximum absolute atomic E-state index is 13.7. The highest BCUT2D eigenvalue weighted by atomic mass is 19.1. The van der Waals surface area contributed by atoms with E-state index in [2.05, 4.69) is 46.5 Å². The standard InChI is InChI=1S/C17H22FNO/c1-16(2,3)11-7-8-12(17(4,5)6)14-10(11)9-13(18)15(20)19-14/h7-9H,1-6H3,(H,19,20). The molecule has 1 N–H and O–H groups in total. The fourth-order valence-corrected chi connectivity index (χ4v) is 2.55. The lowest BCUT2D eigenvalue weighted by Gasteiger charge is -2.26. The number of hydrogen-bond acceptors (Lipinski definition) is 1. The molecule has 0 fully saturated rings. The summed E-state index contributed by atoms with van der Waals surface area (Å²) in [6.07, 6.45) is 0. The summed E-state index contributed by atoms with van der Waals surface area (Å²) in [7, 11) is 0. The monoisotopic (exact) mass is 275 g/mol. The van der Waals surface area contributed by atoms with Gasteiger partial charge in [0, 0.05) is 5.39 Å². The molecule has 2 nitrogen and oxygen atoms in total. The number of nitrogens with one attached hydrogen (secondary N) is 1. The van der Waals surface area contributed by atoms with Gasteiger partial charge in [-0.05, 0) is 28.0 Å². The molecule has 0 saturated heterocycles. The zero-order chi connectivity index (χ0) is 15.3. The van der Waals surface area contributed by atoms with E-state index in [0.717, 1.165) is 22.0 Å². The van der Waals surface area contributed by atoms with Gasteiger partial charge in [-0.1, -0.05) is 53.7 Å². The van der Waals surface area contributed by atoms with Crippen molar-refractivity contribution < 1.29 is 4.39 Å². The second-order valence-corrected chi connectivity index (χ2v) is 7.40. The summed E-state index contributed by atoms with van der Waals surface area (Å²) >= 11 is 0. The van der Waals surface area contributed by atoms with E-state index >= 15 is 0 Å². The van der Waals surface area contributed by atoms with Crippen LogP contribution in [0.3, 0.4) is 0 Å². The molecule has 0 amide bonds. The van der Waals surface area contributed by atoms with E-state index in [1.165, 1.54) is 6.07 Å². The highest BCUT2D eigenvalue weighted by Gasteiger charge is 2.23. The van der Waals surface area contributed by atoms with Crippen LogP contribution in [0.25, 0.3) is 10.9 Å². The molecule has 20 heavy (non-hydrogen) atoms. The average Bonchev–Trinajstić information content (AvgIpc) is 2.26. The molecular formula is C17H22FNO. The predicted octanol–water partition coefficient (Wildman–Crippen LogP) is 4.26. The lowest BCUT2D eigenvalue weighted by molar-refractivity contribution is 0.580. The van der Waals surface area contributed by atoms with E-state index in [0.29, 0.717) is 0 Å². The Hall–Kier alpha value is -1.64. The second kappa shape index (κ2) is 4.44. The van der Waals surface area contributed by atoms with Gasteiger partial charge in [0.1, 0.15) is 0 Å². The molecule has 108 valence electrons. The number of aromatic amines is 1. The fourth-order valence-electron chi connectivity index (χ4n) is 2.55. The van der Waals surface area contributed by atoms with Crippen molar-refractivity contribution in [1.29, 1.82) is 0 Å². The lowest BCUT2D eigenvalue weighted by Crippen LogP contribution is -2.20. The third kappa shape index (κ3) is 2.49. The molecule has 0 atom stereocenters. The van der Waals surface area contributed by atoms with Crippen LogP contribution in [0.1, 0.15) is 52.7 Å². The SMILES string of the molecule is CC(C)(C)c1ccc(C(C)(C)C)c2[nH]c(=O)c(F)cc12. The van der Waals surface area contributed by atoms with Crippen LogP contribution in [0.5, 0.6) is 0 Å². The van der Waals surface area contributed by atoms with Crippen molar-refractivity contribution in [2.24, 2.45) is 0 Å². The molecule has 0 bridgehead atoms. The predicted molar refractivity (Wildman–Crippen MR) is 81.9 cm³/mol. The fraction of sp³-hybridized carbons (Fsp3) is 0.471. The third-order valence-corrected chi connectivity index (χ3v) is 3.59. The van der Waals surface area contributed by atoms with Gasteiger partial charge < -0.3 is 4.98 Å². The first-order chi connectivity index (χ1) is 9.01. The number of benzene rings is 1. The first kappa shape index (κ1) is 14.8. The number of aromatic nitrogens is 1. The van der Waals surface area contributed by atoms with Gasteiger partial charge >= 0.3 is 0 Å². The molecule has 0 unspecified atom stereocenters. The van der Waals surface area contributed by atoms with Crippen LogP contribution >= 0.6 is 0 Å². The van der Waals surface area contributed by atoms with Crippen molar-refractivity contribution in [3.63, 3.8) is 0 Å². The Morgan fingerprint density at radius 1 is 0.950 bits per heavy atom. The first-order valence-corrected chi connectivity index (χ1v) is 6.88. The highest BCUT2D eigenvalue weighted by molar-refractivity contribution is 5.86. The van der Waals surface area contributed by atoms with Crippen LogP contribution in [0.15, 0.2) is 23.0 Å². The maximum atomic E-state index is 13.7. The molecule has 1 heterocycles. The van der Waals surface area contributed by atoms with Crippen molar-refractivity contribution in [2.75, 3.05) is 0 Å². The summed E-state index contributed by atoms with van der Waals surface area (Å²) in [5.74, 6) is -0.728. The van der Waals surface area contributed by atoms with Gasteiger partial charge in [0.05, 0.1) is 5.52 Å². The molecule has 1 aromatic carbocycles. The molecule has 0 saturated carbocycles. The van der Waals surface area contributed by atoms with Gasteiger partial charge in [0.15, 0.2) is 5.82 Å². The second-order valence-electron chi connectivity index (χ2n) is 7.40. The first-order valence-electron chi connectivity index (χ1n) is 6.88. The van der Waals surface area contributed by atoms with Crippen molar-refractivity contribution >= 4 is 10.9 Å². The maximum Gasteiger partial charge on any atom is 0.284 e. The van der Waals surface area contributed by atoms with Crippen LogP contribution in [0.2, 0.25) is 0 Å². The largest absolute Gasteiger partial charge is 0.319 e. The average molecular weight is 275 g/mol. The molecular weight excluding hydrogens is 253 g/mol. The minimum atomic E-state index is -0.728. The zero-order valence-electron chi connectivity index (χ0n) is 13.0. The van der Waals surface area contributed by atoms with E-state index in [-0.39, 0.29) is 10.8 Å². The number of hydrogen-bond donors (Lipinski definition) is 1. The van der Waals surface area contributed by atoms with Crippen molar-refractivity contribution in [3.05, 3.63) is 45.5 Å². The molecule has 1 aromatic heterocycles. The molecule has 2 rings (SSSR count). The summed E-state index contributed by atoms with van der Waals surface area (Å²) < 4.78 is 13.7. The quantitative estimate of drug-likeness (QED) is 0.765. The van der Waals surface area contributed by atoms with E-state index in [9.17, 15) is 9.18 Å². The molecule has 0 spiro atoms. The van der Waals surface area contributed by atoms with E-state index < -0.39 is 11.4 Å². The van der Waals surface area contributed by atoms with Crippen LogP contribution in [-0.4, -0.2) is 4.98 Å². The minimum absolute atomic E-state index is 0.112. The zero-order valence-corrected chi connectivity index (χ0v) is 13.0. The number of H-pyrrole nitrogens is 1. The summed E-state index contributed by atoms with van der Waals surface area (Å²) in [6, 6.07) is 5.45. The van der Waals surface area contributed by atoms with Crippen LogP contribution in [-0.2, 0) is 10.8 Å². The molecule has 2 aromatic rings. The Morgan fingerprint density at radius 3 is 1.95 bits per heavy atom. The van der Waals surface area contributed by atoms with Gasteiger partial charge in [-0.3, -0.25) is 4.79 Å². The Morgan fingerprint density at radius 2 is 1.45 bits per heavy atom. The minimum Gasteiger partial charge on any atom is -0.319 e. The number of rotatable bonds is 0. The summed E-state index contributed by atoms with van der Waals surface area (Å²) in [5.41, 5.74) is 1.92. The van der Waals surface area contributed by atoms with Gasteiger partial charge in [0.25, 0.3) is 5.56 Å². The topological polar surface area (TPSA) is 32.9 Å². The van der Waals surface area contributed by atoms with Gasteiger partial charge in [-0.15, -0.1) is 0 Å². The molecule has 0 aliphatic carbocycles. The van der Waals surface area contributed by atoms with Crippen LogP contribution < -0.4 is 5.56 Å². The van der Waals surface area contributed by atoms with E-state index in [1.807, 2.05) is 12.1 Å². The Bertz CT molecular complexity index is 715. The number of pyridine rings is 1.